The minimum atomic E-state index is -0.300. The number of aryl methyl sites for hydroxylation is 1. The van der Waals surface area contributed by atoms with Crippen molar-refractivity contribution >= 4 is 29.1 Å². The molecule has 2 N–H and O–H groups in total. The maximum Gasteiger partial charge on any atom is 0.253 e. The predicted octanol–water partition coefficient (Wildman–Crippen LogP) is 1.49. The van der Waals surface area contributed by atoms with Crippen molar-refractivity contribution in [2.24, 2.45) is 5.92 Å². The highest BCUT2D eigenvalue weighted by atomic mass is 35.5. The van der Waals surface area contributed by atoms with Crippen molar-refractivity contribution in [3.63, 3.8) is 0 Å². The summed E-state index contributed by atoms with van der Waals surface area (Å²) in [5, 5.41) is 9.91. The van der Waals surface area contributed by atoms with E-state index in [0.29, 0.717) is 35.7 Å². The van der Waals surface area contributed by atoms with Gasteiger partial charge in [0, 0.05) is 31.0 Å². The number of amides is 2. The molecule has 0 fully saturated rings. The Balaban J connectivity index is 1.77. The lowest BCUT2D eigenvalue weighted by molar-refractivity contribution is -0.120. The van der Waals surface area contributed by atoms with E-state index in [4.69, 9.17) is 11.6 Å². The van der Waals surface area contributed by atoms with Crippen molar-refractivity contribution in [1.82, 2.24) is 20.1 Å². The normalized spacial score (nSPS) is 16.5. The van der Waals surface area contributed by atoms with E-state index in [1.54, 1.807) is 12.1 Å². The number of aromatic nitrogens is 3. The maximum atomic E-state index is 12.5. The highest BCUT2D eigenvalue weighted by Crippen LogP contribution is 2.24. The van der Waals surface area contributed by atoms with Crippen LogP contribution in [0.2, 0.25) is 5.02 Å². The molecule has 2 aromatic rings. The number of hydrogen-bond acceptors (Lipinski definition) is 4. The quantitative estimate of drug-likeness (QED) is 0.890. The monoisotopic (exact) mass is 333 g/mol. The first-order chi connectivity index (χ1) is 11.1. The molecule has 2 heterocycles. The summed E-state index contributed by atoms with van der Waals surface area (Å²) < 4.78 is 1.81. The number of nitrogens with zero attached hydrogens (tertiary/aromatic N) is 3. The fraction of sp³-hybridized carbons (Fsp3) is 0.333. The molecule has 3 rings (SSSR count). The van der Waals surface area contributed by atoms with Crippen molar-refractivity contribution in [2.75, 3.05) is 12.4 Å². The smallest absolute Gasteiger partial charge is 0.253 e. The topological polar surface area (TPSA) is 88.9 Å². The molecular formula is C15H16ClN5O2. The number of rotatable bonds is 3. The summed E-state index contributed by atoms with van der Waals surface area (Å²) in [5.41, 5.74) is 0.790. The molecule has 1 aromatic heterocycles. The molecule has 0 spiro atoms. The second-order valence-electron chi connectivity index (χ2n) is 5.35. The van der Waals surface area contributed by atoms with Gasteiger partial charge in [-0.15, -0.1) is 0 Å². The predicted molar refractivity (Wildman–Crippen MR) is 85.3 cm³/mol. The van der Waals surface area contributed by atoms with E-state index in [2.05, 4.69) is 20.7 Å². The number of halogens is 1. The summed E-state index contributed by atoms with van der Waals surface area (Å²) in [5.74, 6) is 0.178. The van der Waals surface area contributed by atoms with Crippen LogP contribution in [0, 0.1) is 5.92 Å². The van der Waals surface area contributed by atoms with Gasteiger partial charge in [0.1, 0.15) is 12.2 Å². The molecule has 1 aliphatic rings. The zero-order valence-corrected chi connectivity index (χ0v) is 13.3. The van der Waals surface area contributed by atoms with Crippen LogP contribution in [0.4, 0.5) is 5.69 Å². The first-order valence-corrected chi connectivity index (χ1v) is 7.65. The van der Waals surface area contributed by atoms with Gasteiger partial charge in [-0.25, -0.2) is 4.98 Å². The van der Waals surface area contributed by atoms with Crippen LogP contribution in [0.3, 0.4) is 0 Å². The number of carbonyl (C=O) groups is 2. The third-order valence-electron chi connectivity index (χ3n) is 3.90. The Bertz CT molecular complexity index is 758. The Hall–Kier alpha value is -2.41. The van der Waals surface area contributed by atoms with E-state index in [1.807, 2.05) is 4.68 Å². The van der Waals surface area contributed by atoms with Gasteiger partial charge in [-0.05, 0) is 24.6 Å². The molecule has 0 aliphatic carbocycles. The van der Waals surface area contributed by atoms with Gasteiger partial charge in [0.15, 0.2) is 0 Å². The molecule has 1 aliphatic heterocycles. The SMILES string of the molecule is CNC(=O)c1cc(Cl)ccc1NC(=O)C1CCn2ncnc2C1. The van der Waals surface area contributed by atoms with E-state index in [-0.39, 0.29) is 17.7 Å². The number of anilines is 1. The number of hydrogen-bond donors (Lipinski definition) is 2. The van der Waals surface area contributed by atoms with Crippen LogP contribution in [0.25, 0.3) is 0 Å². The summed E-state index contributed by atoms with van der Waals surface area (Å²) in [6.45, 7) is 0.663. The largest absolute Gasteiger partial charge is 0.355 e. The zero-order chi connectivity index (χ0) is 16.4. The first kappa shape index (κ1) is 15.5. The summed E-state index contributed by atoms with van der Waals surface area (Å²) in [4.78, 5) is 28.6. The van der Waals surface area contributed by atoms with Crippen LogP contribution in [0.1, 0.15) is 22.6 Å². The van der Waals surface area contributed by atoms with Gasteiger partial charge >= 0.3 is 0 Å². The third-order valence-corrected chi connectivity index (χ3v) is 4.13. The van der Waals surface area contributed by atoms with Crippen LogP contribution >= 0.6 is 11.6 Å². The Labute approximate surface area is 138 Å². The minimum Gasteiger partial charge on any atom is -0.355 e. The average Bonchev–Trinajstić information content (AvgIpc) is 3.03. The zero-order valence-electron chi connectivity index (χ0n) is 12.5. The van der Waals surface area contributed by atoms with Gasteiger partial charge < -0.3 is 10.6 Å². The molecule has 0 bridgehead atoms. The fourth-order valence-electron chi connectivity index (χ4n) is 2.64. The van der Waals surface area contributed by atoms with Crippen LogP contribution in [0.15, 0.2) is 24.5 Å². The van der Waals surface area contributed by atoms with Gasteiger partial charge in [-0.2, -0.15) is 5.10 Å². The summed E-state index contributed by atoms with van der Waals surface area (Å²) in [6.07, 6.45) is 2.72. The third kappa shape index (κ3) is 3.19. The van der Waals surface area contributed by atoms with Gasteiger partial charge in [0.2, 0.25) is 5.91 Å². The number of benzene rings is 1. The van der Waals surface area contributed by atoms with Gasteiger partial charge in [0.25, 0.3) is 5.91 Å². The maximum absolute atomic E-state index is 12.5. The molecular weight excluding hydrogens is 318 g/mol. The molecule has 23 heavy (non-hydrogen) atoms. The highest BCUT2D eigenvalue weighted by molar-refractivity contribution is 6.31. The summed E-state index contributed by atoms with van der Waals surface area (Å²) in [6, 6.07) is 4.81. The van der Waals surface area contributed by atoms with Gasteiger partial charge in [0.05, 0.1) is 11.3 Å². The minimum absolute atomic E-state index is 0.133. The van der Waals surface area contributed by atoms with Crippen molar-refractivity contribution in [3.8, 4) is 0 Å². The van der Waals surface area contributed by atoms with Crippen molar-refractivity contribution in [3.05, 3.63) is 40.9 Å². The van der Waals surface area contributed by atoms with Crippen LogP contribution in [0.5, 0.6) is 0 Å². The first-order valence-electron chi connectivity index (χ1n) is 7.27. The standard InChI is InChI=1S/C15H16ClN5O2/c1-17-15(23)11-7-10(16)2-3-12(11)20-14(22)9-4-5-21-13(6-9)18-8-19-21/h2-3,7-9H,4-6H2,1H3,(H,17,23)(H,20,22). The lowest BCUT2D eigenvalue weighted by Gasteiger charge is -2.22. The van der Waals surface area contributed by atoms with E-state index in [1.165, 1.54) is 19.4 Å². The van der Waals surface area contributed by atoms with Crippen LogP contribution < -0.4 is 10.6 Å². The molecule has 7 nitrogen and oxygen atoms in total. The molecule has 8 heteroatoms. The molecule has 1 aromatic carbocycles. The number of carbonyl (C=O) groups excluding carboxylic acids is 2. The lowest BCUT2D eigenvalue weighted by Crippen LogP contribution is -2.31. The molecule has 0 saturated heterocycles. The summed E-state index contributed by atoms with van der Waals surface area (Å²) in [7, 11) is 1.53. The molecule has 0 radical (unpaired) electrons. The Morgan fingerprint density at radius 1 is 1.39 bits per heavy atom. The Kier molecular flexibility index (Phi) is 4.29. The van der Waals surface area contributed by atoms with E-state index in [9.17, 15) is 9.59 Å². The number of fused-ring (bicyclic) bond motifs is 1. The lowest BCUT2D eigenvalue weighted by atomic mass is 9.97. The average molecular weight is 334 g/mol. The second-order valence-corrected chi connectivity index (χ2v) is 5.78. The number of nitrogens with one attached hydrogen (secondary N) is 2. The Morgan fingerprint density at radius 3 is 3.00 bits per heavy atom. The summed E-state index contributed by atoms with van der Waals surface area (Å²) >= 11 is 5.94. The molecule has 2 amide bonds. The van der Waals surface area contributed by atoms with E-state index in [0.717, 1.165) is 5.82 Å². The van der Waals surface area contributed by atoms with E-state index < -0.39 is 0 Å². The molecule has 120 valence electrons. The van der Waals surface area contributed by atoms with Gasteiger partial charge in [-0.1, -0.05) is 11.6 Å². The van der Waals surface area contributed by atoms with Crippen molar-refractivity contribution in [2.45, 2.75) is 19.4 Å². The van der Waals surface area contributed by atoms with Crippen molar-refractivity contribution < 1.29 is 9.59 Å². The van der Waals surface area contributed by atoms with Crippen LogP contribution in [-0.2, 0) is 17.8 Å². The molecule has 1 atom stereocenters. The highest BCUT2D eigenvalue weighted by Gasteiger charge is 2.27. The molecule has 0 saturated carbocycles. The molecule has 1 unspecified atom stereocenters. The van der Waals surface area contributed by atoms with Crippen LogP contribution in [-0.4, -0.2) is 33.6 Å². The van der Waals surface area contributed by atoms with Gasteiger partial charge in [-0.3, -0.25) is 14.3 Å². The fourth-order valence-corrected chi connectivity index (χ4v) is 2.81. The van der Waals surface area contributed by atoms with Crippen molar-refractivity contribution in [1.29, 1.82) is 0 Å². The Morgan fingerprint density at radius 2 is 2.22 bits per heavy atom. The second kappa shape index (κ2) is 6.37. The van der Waals surface area contributed by atoms with E-state index >= 15 is 0 Å².